The molecule has 7 aromatic carbocycles. The van der Waals surface area contributed by atoms with Gasteiger partial charge >= 0.3 is 0 Å². The predicted octanol–water partition coefficient (Wildman–Crippen LogP) is 13.3. The molecule has 10 rings (SSSR count). The lowest BCUT2D eigenvalue weighted by Gasteiger charge is -2.28. The SMILES string of the molecule is Cc1c(-n2c(C)[n+](-c3c(-n4c5ccccc5c5ccccc54)cccc3-n3c4ccccc4c4ccccc43)c3ccccc32)cc(C(C)(C)C)cc1C(C)(C)C. The van der Waals surface area contributed by atoms with Gasteiger partial charge in [0.2, 0.25) is 0 Å². The molecule has 0 saturated carbocycles. The van der Waals surface area contributed by atoms with E-state index in [1.54, 1.807) is 0 Å². The summed E-state index contributed by atoms with van der Waals surface area (Å²) in [6, 6.07) is 56.1. The highest BCUT2D eigenvalue weighted by molar-refractivity contribution is 6.11. The number of hydrogen-bond donors (Lipinski definition) is 0. The summed E-state index contributed by atoms with van der Waals surface area (Å²) < 4.78 is 10.0. The molecule has 4 heteroatoms. The Morgan fingerprint density at radius 1 is 0.404 bits per heavy atom. The fraction of sp³-hybridized carbons (Fsp3) is 0.189. The lowest BCUT2D eigenvalue weighted by atomic mass is 9.78. The first-order valence-electron chi connectivity index (χ1n) is 20.2. The van der Waals surface area contributed by atoms with Gasteiger partial charge in [-0.05, 0) is 83.5 Å². The summed E-state index contributed by atoms with van der Waals surface area (Å²) >= 11 is 0. The van der Waals surface area contributed by atoms with Gasteiger partial charge in [-0.3, -0.25) is 0 Å². The number of imidazole rings is 1. The molecule has 0 aliphatic rings. The first-order valence-corrected chi connectivity index (χ1v) is 20.2. The summed E-state index contributed by atoms with van der Waals surface area (Å²) in [6.45, 7) is 18.6. The number of para-hydroxylation sites is 7. The summed E-state index contributed by atoms with van der Waals surface area (Å²) in [6.07, 6.45) is 0. The standard InChI is InChI=1S/C53H49N4/c1-34-41(53(6,7)8)32-36(52(3,4)5)33-50(34)54-35(2)55(47-29-18-17-28-46(47)54)51-48(56-42-24-13-9-20-37(42)38-21-10-14-25-43(38)56)30-19-31-49(51)57-44-26-15-11-22-39(44)40-23-12-16-27-45(40)57/h9-33H,1-8H3/q+1. The molecule has 0 atom stereocenters. The fourth-order valence-electron chi connectivity index (χ4n) is 9.49. The van der Waals surface area contributed by atoms with Crippen LogP contribution in [0.2, 0.25) is 0 Å². The van der Waals surface area contributed by atoms with E-state index in [0.29, 0.717) is 0 Å². The number of benzene rings is 7. The second-order valence-corrected chi connectivity index (χ2v) is 17.8. The molecule has 0 N–H and O–H groups in total. The van der Waals surface area contributed by atoms with Crippen LogP contribution >= 0.6 is 0 Å². The van der Waals surface area contributed by atoms with Crippen LogP contribution in [0.15, 0.2) is 152 Å². The third-order valence-corrected chi connectivity index (χ3v) is 12.2. The molecule has 57 heavy (non-hydrogen) atoms. The van der Waals surface area contributed by atoms with Crippen LogP contribution in [-0.2, 0) is 10.8 Å². The maximum absolute atomic E-state index is 2.53. The first-order chi connectivity index (χ1) is 27.4. The van der Waals surface area contributed by atoms with Gasteiger partial charge in [0.25, 0.3) is 5.82 Å². The zero-order chi connectivity index (χ0) is 39.4. The first kappa shape index (κ1) is 35.1. The Hall–Kier alpha value is -6.39. The van der Waals surface area contributed by atoms with Gasteiger partial charge in [0.05, 0.1) is 33.4 Å². The third-order valence-electron chi connectivity index (χ3n) is 12.2. The van der Waals surface area contributed by atoms with E-state index in [0.717, 1.165) is 28.4 Å². The second-order valence-electron chi connectivity index (χ2n) is 17.8. The molecule has 0 bridgehead atoms. The van der Waals surface area contributed by atoms with Gasteiger partial charge in [-0.25, -0.2) is 0 Å². The summed E-state index contributed by atoms with van der Waals surface area (Å²) in [5.74, 6) is 1.14. The molecule has 0 aliphatic heterocycles. The summed E-state index contributed by atoms with van der Waals surface area (Å²) in [5, 5.41) is 4.98. The van der Waals surface area contributed by atoms with Crippen molar-refractivity contribution in [2.45, 2.75) is 66.2 Å². The second kappa shape index (κ2) is 12.6. The highest BCUT2D eigenvalue weighted by atomic mass is 15.2. The van der Waals surface area contributed by atoms with Gasteiger partial charge in [-0.2, -0.15) is 9.13 Å². The van der Waals surface area contributed by atoms with Gasteiger partial charge in [-0.15, -0.1) is 0 Å². The van der Waals surface area contributed by atoms with Crippen LogP contribution in [0.5, 0.6) is 0 Å². The van der Waals surface area contributed by atoms with Crippen molar-refractivity contribution in [3.05, 3.63) is 174 Å². The largest absolute Gasteiger partial charge is 0.305 e. The molecule has 10 aromatic rings. The summed E-state index contributed by atoms with van der Waals surface area (Å²) in [7, 11) is 0. The average molecular weight is 742 g/mol. The van der Waals surface area contributed by atoms with Crippen LogP contribution in [0.1, 0.15) is 64.1 Å². The van der Waals surface area contributed by atoms with E-state index in [1.165, 1.54) is 71.5 Å². The van der Waals surface area contributed by atoms with Gasteiger partial charge in [0.1, 0.15) is 5.69 Å². The van der Waals surface area contributed by atoms with Crippen molar-refractivity contribution >= 4 is 54.6 Å². The zero-order valence-electron chi connectivity index (χ0n) is 34.2. The molecular weight excluding hydrogens is 693 g/mol. The van der Waals surface area contributed by atoms with Gasteiger partial charge in [0.15, 0.2) is 16.7 Å². The summed E-state index contributed by atoms with van der Waals surface area (Å²) in [4.78, 5) is 0. The molecule has 280 valence electrons. The molecule has 3 heterocycles. The van der Waals surface area contributed by atoms with E-state index < -0.39 is 0 Å². The van der Waals surface area contributed by atoms with Crippen LogP contribution < -0.4 is 4.57 Å². The van der Waals surface area contributed by atoms with Crippen LogP contribution in [0.25, 0.3) is 77.4 Å². The van der Waals surface area contributed by atoms with Crippen molar-refractivity contribution in [3.63, 3.8) is 0 Å². The van der Waals surface area contributed by atoms with Crippen molar-refractivity contribution in [2.75, 3.05) is 0 Å². The van der Waals surface area contributed by atoms with Crippen LogP contribution in [-0.4, -0.2) is 13.7 Å². The zero-order valence-corrected chi connectivity index (χ0v) is 34.2. The Bertz CT molecular complexity index is 2990. The minimum atomic E-state index is -0.0280. The van der Waals surface area contributed by atoms with E-state index in [-0.39, 0.29) is 10.8 Å². The Labute approximate surface area is 334 Å². The van der Waals surface area contributed by atoms with Crippen molar-refractivity contribution < 1.29 is 4.57 Å². The number of nitrogens with zero attached hydrogens (tertiary/aromatic N) is 4. The minimum Gasteiger partial charge on any atom is -0.305 e. The van der Waals surface area contributed by atoms with Crippen LogP contribution in [0, 0.1) is 13.8 Å². The molecular formula is C53H49N4+. The van der Waals surface area contributed by atoms with Crippen molar-refractivity contribution in [1.29, 1.82) is 0 Å². The molecule has 3 aromatic heterocycles. The highest BCUT2D eigenvalue weighted by Gasteiger charge is 2.33. The lowest BCUT2D eigenvalue weighted by Crippen LogP contribution is -2.36. The molecule has 0 saturated heterocycles. The van der Waals surface area contributed by atoms with Crippen molar-refractivity contribution in [3.8, 4) is 22.7 Å². The van der Waals surface area contributed by atoms with Crippen LogP contribution in [0.4, 0.5) is 0 Å². The van der Waals surface area contributed by atoms with E-state index in [2.05, 4.69) is 225 Å². The third kappa shape index (κ3) is 5.23. The average Bonchev–Trinajstić information content (AvgIpc) is 3.82. The normalized spacial score (nSPS) is 12.6. The molecule has 4 nitrogen and oxygen atoms in total. The van der Waals surface area contributed by atoms with Crippen molar-refractivity contribution in [2.24, 2.45) is 0 Å². The fourth-order valence-corrected chi connectivity index (χ4v) is 9.49. The molecule has 0 fully saturated rings. The number of rotatable bonds is 4. The van der Waals surface area contributed by atoms with Crippen LogP contribution in [0.3, 0.4) is 0 Å². The van der Waals surface area contributed by atoms with E-state index in [1.807, 2.05) is 0 Å². The van der Waals surface area contributed by atoms with Gasteiger partial charge in [-0.1, -0.05) is 139 Å². The number of aromatic nitrogens is 4. The Balaban J connectivity index is 1.41. The number of hydrogen-bond acceptors (Lipinski definition) is 0. The van der Waals surface area contributed by atoms with E-state index in [9.17, 15) is 0 Å². The molecule has 0 aliphatic carbocycles. The molecule has 0 spiro atoms. The topological polar surface area (TPSA) is 18.7 Å². The minimum absolute atomic E-state index is 0.0257. The molecule has 0 unspecified atom stereocenters. The molecule has 0 amide bonds. The Kier molecular flexibility index (Phi) is 7.72. The summed E-state index contributed by atoms with van der Waals surface area (Å²) in [5.41, 5.74) is 15.7. The smallest absolute Gasteiger partial charge is 0.264 e. The van der Waals surface area contributed by atoms with E-state index >= 15 is 0 Å². The lowest BCUT2D eigenvalue weighted by molar-refractivity contribution is -0.574. The predicted molar refractivity (Wildman–Crippen MR) is 240 cm³/mol. The van der Waals surface area contributed by atoms with Gasteiger partial charge in [0, 0.05) is 34.0 Å². The highest BCUT2D eigenvalue weighted by Crippen LogP contribution is 2.41. The number of fused-ring (bicyclic) bond motifs is 7. The molecule has 0 radical (unpaired) electrons. The van der Waals surface area contributed by atoms with Crippen molar-refractivity contribution in [1.82, 2.24) is 13.7 Å². The van der Waals surface area contributed by atoms with E-state index in [4.69, 9.17) is 0 Å². The van der Waals surface area contributed by atoms with Gasteiger partial charge < -0.3 is 9.13 Å². The Morgan fingerprint density at radius 2 is 0.825 bits per heavy atom. The monoisotopic (exact) mass is 741 g/mol. The quantitative estimate of drug-likeness (QED) is 0.160. The Morgan fingerprint density at radius 3 is 1.26 bits per heavy atom. The maximum Gasteiger partial charge on any atom is 0.264 e. The maximum atomic E-state index is 2.53.